The fraction of sp³-hybridized carbons (Fsp3) is 0.846. The Morgan fingerprint density at radius 3 is 2.95 bits per heavy atom. The van der Waals surface area contributed by atoms with E-state index in [1.165, 1.54) is 0 Å². The van der Waals surface area contributed by atoms with E-state index >= 15 is 0 Å². The Kier molecular flexibility index (Phi) is 5.30. The second-order valence-corrected chi connectivity index (χ2v) is 4.76. The molecule has 1 aromatic heterocycles. The molecule has 6 heteroatoms. The molecule has 1 aromatic rings. The second kappa shape index (κ2) is 6.98. The number of nitrogens with zero attached hydrogens (tertiary/aromatic N) is 2. The number of nitrogens with one attached hydrogen (secondary N) is 1. The minimum atomic E-state index is -0.0668. The molecule has 108 valence electrons. The van der Waals surface area contributed by atoms with Crippen LogP contribution in [0.25, 0.3) is 0 Å². The van der Waals surface area contributed by atoms with Crippen LogP contribution in [0, 0.1) is 0 Å². The molecule has 0 aromatic carbocycles. The molecule has 19 heavy (non-hydrogen) atoms. The second-order valence-electron chi connectivity index (χ2n) is 4.76. The molecule has 1 fully saturated rings. The van der Waals surface area contributed by atoms with E-state index in [1.807, 2.05) is 14.0 Å². The summed E-state index contributed by atoms with van der Waals surface area (Å²) in [5, 5.41) is 7.29. The van der Waals surface area contributed by atoms with Crippen molar-refractivity contribution in [2.75, 3.05) is 26.9 Å². The molecule has 0 aliphatic carbocycles. The number of aromatic nitrogens is 2. The number of hydrogen-bond acceptors (Lipinski definition) is 6. The summed E-state index contributed by atoms with van der Waals surface area (Å²) in [6, 6.07) is 0.241. The van der Waals surface area contributed by atoms with Gasteiger partial charge < -0.3 is 19.3 Å². The summed E-state index contributed by atoms with van der Waals surface area (Å²) in [6.07, 6.45) is 1.87. The van der Waals surface area contributed by atoms with Crippen LogP contribution in [0.5, 0.6) is 0 Å². The quantitative estimate of drug-likeness (QED) is 0.811. The minimum absolute atomic E-state index is 0.0668. The summed E-state index contributed by atoms with van der Waals surface area (Å²) in [5.41, 5.74) is 0. The van der Waals surface area contributed by atoms with Gasteiger partial charge in [0.05, 0.1) is 19.1 Å². The van der Waals surface area contributed by atoms with Gasteiger partial charge in [-0.25, -0.2) is 0 Å². The third-order valence-corrected chi connectivity index (χ3v) is 3.43. The van der Waals surface area contributed by atoms with Crippen LogP contribution in [0.4, 0.5) is 0 Å². The van der Waals surface area contributed by atoms with Gasteiger partial charge in [-0.3, -0.25) is 0 Å². The van der Waals surface area contributed by atoms with Crippen LogP contribution in [-0.2, 0) is 9.47 Å². The van der Waals surface area contributed by atoms with Crippen molar-refractivity contribution in [3.05, 3.63) is 11.7 Å². The van der Waals surface area contributed by atoms with Crippen LogP contribution in [-0.4, -0.2) is 43.1 Å². The van der Waals surface area contributed by atoms with E-state index in [2.05, 4.69) is 22.4 Å². The van der Waals surface area contributed by atoms with Crippen molar-refractivity contribution in [1.29, 1.82) is 0 Å². The van der Waals surface area contributed by atoms with Gasteiger partial charge in [0.15, 0.2) is 0 Å². The maximum absolute atomic E-state index is 5.67. The fourth-order valence-electron chi connectivity index (χ4n) is 2.36. The van der Waals surface area contributed by atoms with E-state index in [0.717, 1.165) is 12.8 Å². The molecule has 1 saturated heterocycles. The molecule has 3 atom stereocenters. The van der Waals surface area contributed by atoms with Gasteiger partial charge >= 0.3 is 0 Å². The van der Waals surface area contributed by atoms with Gasteiger partial charge in [-0.05, 0) is 20.4 Å². The van der Waals surface area contributed by atoms with Gasteiger partial charge in [0.25, 0.3) is 0 Å². The molecule has 0 radical (unpaired) electrons. The third kappa shape index (κ3) is 3.32. The van der Waals surface area contributed by atoms with Gasteiger partial charge in [0, 0.05) is 12.6 Å². The predicted molar refractivity (Wildman–Crippen MR) is 70.0 cm³/mol. The largest absolute Gasteiger partial charge is 0.379 e. The lowest BCUT2D eigenvalue weighted by Crippen LogP contribution is -2.31. The van der Waals surface area contributed by atoms with Crippen LogP contribution >= 0.6 is 0 Å². The topological polar surface area (TPSA) is 69.4 Å². The SMILES string of the molecule is CCCC(OCC)c1noc(C2COCC2NC)n1. The normalized spacial score (nSPS) is 24.8. The predicted octanol–water partition coefficient (Wildman–Crippen LogP) is 1.65. The Balaban J connectivity index is 2.08. The molecule has 1 N–H and O–H groups in total. The van der Waals surface area contributed by atoms with Gasteiger partial charge in [0.1, 0.15) is 6.10 Å². The van der Waals surface area contributed by atoms with Crippen LogP contribution in [0.3, 0.4) is 0 Å². The molecule has 2 heterocycles. The van der Waals surface area contributed by atoms with Crippen molar-refractivity contribution >= 4 is 0 Å². The lowest BCUT2D eigenvalue weighted by atomic mass is 10.0. The van der Waals surface area contributed by atoms with Crippen molar-refractivity contribution in [2.45, 2.75) is 44.8 Å². The van der Waals surface area contributed by atoms with Crippen molar-refractivity contribution in [1.82, 2.24) is 15.5 Å². The average molecular weight is 269 g/mol. The first-order valence-electron chi connectivity index (χ1n) is 7.00. The molecular formula is C13H23N3O3. The van der Waals surface area contributed by atoms with E-state index in [1.54, 1.807) is 0 Å². The van der Waals surface area contributed by atoms with Crippen molar-refractivity contribution < 1.29 is 14.0 Å². The number of rotatable bonds is 7. The Hall–Kier alpha value is -0.980. The summed E-state index contributed by atoms with van der Waals surface area (Å²) < 4.78 is 16.5. The number of ether oxygens (including phenoxy) is 2. The summed E-state index contributed by atoms with van der Waals surface area (Å²) in [7, 11) is 1.92. The highest BCUT2D eigenvalue weighted by molar-refractivity contribution is 5.03. The first kappa shape index (κ1) is 14.4. The molecule has 6 nitrogen and oxygen atoms in total. The zero-order valence-electron chi connectivity index (χ0n) is 11.9. The van der Waals surface area contributed by atoms with Crippen LogP contribution in [0.2, 0.25) is 0 Å². The molecule has 0 bridgehead atoms. The van der Waals surface area contributed by atoms with Crippen molar-refractivity contribution in [2.24, 2.45) is 0 Å². The smallest absolute Gasteiger partial charge is 0.233 e. The highest BCUT2D eigenvalue weighted by Crippen LogP contribution is 2.27. The van der Waals surface area contributed by atoms with E-state index < -0.39 is 0 Å². The molecule has 1 aliphatic rings. The van der Waals surface area contributed by atoms with Gasteiger partial charge in [0.2, 0.25) is 11.7 Å². The zero-order valence-corrected chi connectivity index (χ0v) is 11.9. The van der Waals surface area contributed by atoms with Gasteiger partial charge in [-0.1, -0.05) is 18.5 Å². The maximum Gasteiger partial charge on any atom is 0.233 e. The number of likely N-dealkylation sites (N-methyl/N-ethyl adjacent to an activating group) is 1. The summed E-state index contributed by atoms with van der Waals surface area (Å²) >= 11 is 0. The molecule has 0 amide bonds. The summed E-state index contributed by atoms with van der Waals surface area (Å²) in [5.74, 6) is 1.43. The molecular weight excluding hydrogens is 246 g/mol. The number of hydrogen-bond donors (Lipinski definition) is 1. The van der Waals surface area contributed by atoms with Crippen molar-refractivity contribution in [3.8, 4) is 0 Å². The summed E-state index contributed by atoms with van der Waals surface area (Å²) in [6.45, 7) is 6.06. The van der Waals surface area contributed by atoms with Crippen molar-refractivity contribution in [3.63, 3.8) is 0 Å². The highest BCUT2D eigenvalue weighted by Gasteiger charge is 2.33. The zero-order chi connectivity index (χ0) is 13.7. The van der Waals surface area contributed by atoms with E-state index in [4.69, 9.17) is 14.0 Å². The van der Waals surface area contributed by atoms with Crippen LogP contribution in [0.1, 0.15) is 50.4 Å². The van der Waals surface area contributed by atoms with Crippen LogP contribution in [0.15, 0.2) is 4.52 Å². The molecule has 1 aliphatic heterocycles. The average Bonchev–Trinajstić information content (AvgIpc) is 3.06. The van der Waals surface area contributed by atoms with Crippen LogP contribution < -0.4 is 5.32 Å². The Morgan fingerprint density at radius 1 is 1.42 bits per heavy atom. The summed E-state index contributed by atoms with van der Waals surface area (Å²) in [4.78, 5) is 4.51. The standard InChI is InChI=1S/C13H23N3O3/c1-4-6-11(18-5-2)12-15-13(19-16-12)9-7-17-8-10(9)14-3/h9-11,14H,4-8H2,1-3H3. The van der Waals surface area contributed by atoms with Gasteiger partial charge in [-0.2, -0.15) is 4.98 Å². The third-order valence-electron chi connectivity index (χ3n) is 3.43. The van der Waals surface area contributed by atoms with E-state index in [-0.39, 0.29) is 18.1 Å². The van der Waals surface area contributed by atoms with Gasteiger partial charge in [-0.15, -0.1) is 0 Å². The molecule has 2 rings (SSSR count). The monoisotopic (exact) mass is 269 g/mol. The molecule has 0 spiro atoms. The lowest BCUT2D eigenvalue weighted by Gasteiger charge is -2.12. The minimum Gasteiger partial charge on any atom is -0.379 e. The fourth-order valence-corrected chi connectivity index (χ4v) is 2.36. The van der Waals surface area contributed by atoms with E-state index in [9.17, 15) is 0 Å². The Labute approximate surface area is 113 Å². The highest BCUT2D eigenvalue weighted by atomic mass is 16.5. The first-order valence-corrected chi connectivity index (χ1v) is 7.00. The first-order chi connectivity index (χ1) is 9.30. The lowest BCUT2D eigenvalue weighted by molar-refractivity contribution is 0.0477. The van der Waals surface area contributed by atoms with E-state index in [0.29, 0.717) is 31.5 Å². The molecule has 3 unspecified atom stereocenters. The Bertz CT molecular complexity index is 377. The Morgan fingerprint density at radius 2 is 2.26 bits per heavy atom. The maximum atomic E-state index is 5.67. The molecule has 0 saturated carbocycles.